The van der Waals surface area contributed by atoms with Crippen LogP contribution in [-0.2, 0) is 16.4 Å². The molecule has 0 saturated heterocycles. The maximum absolute atomic E-state index is 11.7. The van der Waals surface area contributed by atoms with Crippen LogP contribution in [-0.4, -0.2) is 38.9 Å². The normalized spacial score (nSPS) is 11.4. The molecule has 7 heteroatoms. The molecular formula is C27H25NO5S. The van der Waals surface area contributed by atoms with Crippen LogP contribution in [0.3, 0.4) is 0 Å². The van der Waals surface area contributed by atoms with E-state index in [2.05, 4.69) is 29.6 Å². The molecule has 0 spiro atoms. The fraction of sp³-hybridized carbons (Fsp3) is 0.148. The van der Waals surface area contributed by atoms with Crippen molar-refractivity contribution in [2.45, 2.75) is 11.4 Å². The highest BCUT2D eigenvalue weighted by Gasteiger charge is 2.11. The van der Waals surface area contributed by atoms with E-state index in [1.165, 1.54) is 34.5 Å². The van der Waals surface area contributed by atoms with E-state index < -0.39 is 15.8 Å². The van der Waals surface area contributed by atoms with E-state index in [0.717, 1.165) is 6.26 Å². The van der Waals surface area contributed by atoms with Gasteiger partial charge in [0.15, 0.2) is 9.84 Å². The van der Waals surface area contributed by atoms with Gasteiger partial charge in [0, 0.05) is 19.3 Å². The average Bonchev–Trinajstić information content (AvgIpc) is 2.83. The number of hydrogen-bond donors (Lipinski definition) is 2. The Kier molecular flexibility index (Phi) is 6.95. The molecule has 0 aliphatic carbocycles. The van der Waals surface area contributed by atoms with Crippen molar-refractivity contribution in [3.63, 3.8) is 0 Å². The van der Waals surface area contributed by atoms with Gasteiger partial charge in [0.1, 0.15) is 12.4 Å². The summed E-state index contributed by atoms with van der Waals surface area (Å²) < 4.78 is 29.2. The number of sulfone groups is 1. The number of fused-ring (bicyclic) bond motifs is 1. The van der Waals surface area contributed by atoms with Crippen LogP contribution in [0.4, 0.5) is 0 Å². The molecule has 6 nitrogen and oxygen atoms in total. The number of carbonyl (C=O) groups is 1. The Morgan fingerprint density at radius 1 is 0.912 bits per heavy atom. The predicted molar refractivity (Wildman–Crippen MR) is 133 cm³/mol. The first kappa shape index (κ1) is 23.5. The lowest BCUT2D eigenvalue weighted by Crippen LogP contribution is -2.20. The molecule has 0 aromatic heterocycles. The van der Waals surface area contributed by atoms with Crippen LogP contribution in [0.1, 0.15) is 15.9 Å². The van der Waals surface area contributed by atoms with Gasteiger partial charge in [-0.1, -0.05) is 54.6 Å². The van der Waals surface area contributed by atoms with Crippen LogP contribution in [0.15, 0.2) is 89.8 Å². The van der Waals surface area contributed by atoms with Gasteiger partial charge in [-0.15, -0.1) is 0 Å². The minimum Gasteiger partial charge on any atom is -0.492 e. The largest absolute Gasteiger partial charge is 0.492 e. The minimum atomic E-state index is -3.31. The summed E-state index contributed by atoms with van der Waals surface area (Å²) in [7, 11) is -3.31. The topological polar surface area (TPSA) is 92.7 Å². The molecule has 174 valence electrons. The van der Waals surface area contributed by atoms with Crippen molar-refractivity contribution in [3.05, 3.63) is 96.1 Å². The molecule has 0 unspecified atom stereocenters. The highest BCUT2D eigenvalue weighted by Crippen LogP contribution is 2.27. The molecule has 0 fully saturated rings. The van der Waals surface area contributed by atoms with Crippen LogP contribution in [0.2, 0.25) is 0 Å². The molecule has 4 aromatic carbocycles. The number of hydrogen-bond acceptors (Lipinski definition) is 5. The van der Waals surface area contributed by atoms with Crippen LogP contribution >= 0.6 is 0 Å². The second-order valence-electron chi connectivity index (χ2n) is 8.01. The first-order chi connectivity index (χ1) is 16.3. The molecule has 0 radical (unpaired) electrons. The maximum Gasteiger partial charge on any atom is 0.335 e. The molecule has 34 heavy (non-hydrogen) atoms. The van der Waals surface area contributed by atoms with Crippen molar-refractivity contribution in [2.75, 3.05) is 19.4 Å². The van der Waals surface area contributed by atoms with Crippen molar-refractivity contribution in [3.8, 4) is 16.9 Å². The van der Waals surface area contributed by atoms with E-state index in [0.29, 0.717) is 36.6 Å². The van der Waals surface area contributed by atoms with E-state index in [1.807, 2.05) is 18.2 Å². The lowest BCUT2D eigenvalue weighted by Gasteiger charge is -2.12. The highest BCUT2D eigenvalue weighted by atomic mass is 32.2. The Labute approximate surface area is 198 Å². The van der Waals surface area contributed by atoms with E-state index >= 15 is 0 Å². The predicted octanol–water partition coefficient (Wildman–Crippen LogP) is 4.78. The molecule has 0 saturated carbocycles. The van der Waals surface area contributed by atoms with Gasteiger partial charge in [0.25, 0.3) is 0 Å². The quantitative estimate of drug-likeness (QED) is 0.339. The average molecular weight is 476 g/mol. The Morgan fingerprint density at radius 3 is 2.38 bits per heavy atom. The van der Waals surface area contributed by atoms with Gasteiger partial charge in [0.2, 0.25) is 0 Å². The third-order valence-corrected chi connectivity index (χ3v) is 6.64. The summed E-state index contributed by atoms with van der Waals surface area (Å²) in [6, 6.07) is 25.6. The van der Waals surface area contributed by atoms with Gasteiger partial charge in [-0.2, -0.15) is 0 Å². The standard InChI is InChI=1S/C27H25NO5S/c1-34(31,32)25-11-9-19(10-12-25)22-15-23(27(29)30)17-24(16-22)33-14-13-28-18-21-7-4-6-20-5-2-3-8-26(20)21/h2-12,15-17,28H,13-14,18H2,1H3,(H,29,30). The highest BCUT2D eigenvalue weighted by molar-refractivity contribution is 7.90. The van der Waals surface area contributed by atoms with Crippen LogP contribution in [0.25, 0.3) is 21.9 Å². The monoisotopic (exact) mass is 475 g/mol. The Morgan fingerprint density at radius 2 is 1.65 bits per heavy atom. The van der Waals surface area contributed by atoms with E-state index in [1.54, 1.807) is 24.3 Å². The molecule has 0 amide bonds. The molecule has 4 rings (SSSR count). The van der Waals surface area contributed by atoms with E-state index in [9.17, 15) is 18.3 Å². The van der Waals surface area contributed by atoms with E-state index in [4.69, 9.17) is 4.74 Å². The number of nitrogens with one attached hydrogen (secondary N) is 1. The molecule has 0 atom stereocenters. The number of carboxylic acid groups (broad SMARTS) is 1. The first-order valence-electron chi connectivity index (χ1n) is 10.8. The zero-order chi connectivity index (χ0) is 24.1. The minimum absolute atomic E-state index is 0.100. The van der Waals surface area contributed by atoms with Crippen molar-refractivity contribution in [2.24, 2.45) is 0 Å². The van der Waals surface area contributed by atoms with Gasteiger partial charge in [-0.3, -0.25) is 0 Å². The SMILES string of the molecule is CS(=O)(=O)c1ccc(-c2cc(OCCNCc3cccc4ccccc34)cc(C(=O)O)c2)cc1. The van der Waals surface area contributed by atoms with E-state index in [-0.39, 0.29) is 10.5 Å². The summed E-state index contributed by atoms with van der Waals surface area (Å²) in [5, 5.41) is 15.3. The summed E-state index contributed by atoms with van der Waals surface area (Å²) in [4.78, 5) is 11.8. The number of benzene rings is 4. The molecular weight excluding hydrogens is 450 g/mol. The summed E-state index contributed by atoms with van der Waals surface area (Å²) in [5.41, 5.74) is 2.64. The number of ether oxygens (including phenoxy) is 1. The van der Waals surface area contributed by atoms with Gasteiger partial charge in [0.05, 0.1) is 10.5 Å². The van der Waals surface area contributed by atoms with Crippen LogP contribution in [0.5, 0.6) is 5.75 Å². The molecule has 2 N–H and O–H groups in total. The number of carboxylic acids is 1. The Hall–Kier alpha value is -3.68. The van der Waals surface area contributed by atoms with Crippen molar-refractivity contribution >= 4 is 26.6 Å². The van der Waals surface area contributed by atoms with Crippen molar-refractivity contribution in [1.29, 1.82) is 0 Å². The van der Waals surface area contributed by atoms with Gasteiger partial charge in [-0.05, 0) is 57.8 Å². The molecule has 0 aliphatic heterocycles. The molecule has 0 bridgehead atoms. The van der Waals surface area contributed by atoms with Crippen LogP contribution in [0, 0.1) is 0 Å². The second-order valence-corrected chi connectivity index (χ2v) is 10.0. The van der Waals surface area contributed by atoms with Crippen LogP contribution < -0.4 is 10.1 Å². The third-order valence-electron chi connectivity index (χ3n) is 5.51. The third kappa shape index (κ3) is 5.62. The summed E-state index contributed by atoms with van der Waals surface area (Å²) in [6.45, 7) is 1.64. The molecule has 0 heterocycles. The number of rotatable bonds is 9. The summed E-state index contributed by atoms with van der Waals surface area (Å²) in [5.74, 6) is -0.623. The van der Waals surface area contributed by atoms with Gasteiger partial charge < -0.3 is 15.2 Å². The lowest BCUT2D eigenvalue weighted by molar-refractivity contribution is 0.0696. The smallest absolute Gasteiger partial charge is 0.335 e. The first-order valence-corrected chi connectivity index (χ1v) is 12.7. The fourth-order valence-electron chi connectivity index (χ4n) is 3.78. The maximum atomic E-state index is 11.7. The zero-order valence-electron chi connectivity index (χ0n) is 18.7. The summed E-state index contributed by atoms with van der Waals surface area (Å²) >= 11 is 0. The van der Waals surface area contributed by atoms with Crippen molar-refractivity contribution < 1.29 is 23.1 Å². The number of aromatic carboxylic acids is 1. The van der Waals surface area contributed by atoms with Gasteiger partial charge >= 0.3 is 5.97 Å². The van der Waals surface area contributed by atoms with Crippen molar-refractivity contribution in [1.82, 2.24) is 5.32 Å². The lowest BCUT2D eigenvalue weighted by atomic mass is 10.0. The molecule has 4 aromatic rings. The van der Waals surface area contributed by atoms with Gasteiger partial charge in [-0.25, -0.2) is 13.2 Å². The Bertz CT molecular complexity index is 1420. The Balaban J connectivity index is 1.42. The summed E-state index contributed by atoms with van der Waals surface area (Å²) in [6.07, 6.45) is 1.15. The molecule has 0 aliphatic rings. The fourth-order valence-corrected chi connectivity index (χ4v) is 4.41. The zero-order valence-corrected chi connectivity index (χ0v) is 19.5. The second kappa shape index (κ2) is 10.1.